The molecule has 0 saturated heterocycles. The van der Waals surface area contributed by atoms with Gasteiger partial charge >= 0.3 is 5.97 Å². The van der Waals surface area contributed by atoms with Crippen molar-refractivity contribution in [3.05, 3.63) is 27.9 Å². The lowest BCUT2D eigenvalue weighted by molar-refractivity contribution is -0.385. The molecule has 7 heteroatoms. The molecule has 1 rings (SSSR count). The van der Waals surface area contributed by atoms with Crippen molar-refractivity contribution >= 4 is 17.5 Å². The smallest absolute Gasteiger partial charge is 0.326 e. The van der Waals surface area contributed by atoms with Crippen LogP contribution in [0.15, 0.2) is 12.1 Å². The molecule has 0 bridgehead atoms. The number of carboxylic acid groups (broad SMARTS) is 1. The van der Waals surface area contributed by atoms with E-state index in [1.54, 1.807) is 0 Å². The SMILES string of the molecule is Cc1nc(N[C@@H](CC(C)C)C(=O)O)ccc1[N+](=O)[O-]. The molecule has 1 atom stereocenters. The first kappa shape index (κ1) is 14.9. The number of hydrogen-bond acceptors (Lipinski definition) is 5. The Labute approximate surface area is 110 Å². The van der Waals surface area contributed by atoms with Gasteiger partial charge in [0, 0.05) is 6.07 Å². The predicted octanol–water partition coefficient (Wildman–Crippen LogP) is 2.21. The van der Waals surface area contributed by atoms with Gasteiger partial charge in [-0.05, 0) is 25.3 Å². The maximum absolute atomic E-state index is 11.1. The van der Waals surface area contributed by atoms with Gasteiger partial charge < -0.3 is 10.4 Å². The average molecular weight is 267 g/mol. The van der Waals surface area contributed by atoms with E-state index >= 15 is 0 Å². The first-order chi connectivity index (χ1) is 8.81. The fourth-order valence-corrected chi connectivity index (χ4v) is 1.70. The van der Waals surface area contributed by atoms with Gasteiger partial charge in [-0.25, -0.2) is 9.78 Å². The molecule has 0 fully saturated rings. The van der Waals surface area contributed by atoms with Gasteiger partial charge in [0.05, 0.1) is 4.92 Å². The highest BCUT2D eigenvalue weighted by atomic mass is 16.6. The second-order valence-electron chi connectivity index (χ2n) is 4.72. The van der Waals surface area contributed by atoms with Crippen LogP contribution in [0, 0.1) is 23.0 Å². The lowest BCUT2D eigenvalue weighted by Crippen LogP contribution is -2.31. The number of aryl methyl sites for hydroxylation is 1. The summed E-state index contributed by atoms with van der Waals surface area (Å²) in [6.07, 6.45) is 0.451. The average Bonchev–Trinajstić information content (AvgIpc) is 2.26. The Bertz CT molecular complexity index is 488. The normalized spacial score (nSPS) is 12.2. The zero-order valence-corrected chi connectivity index (χ0v) is 11.1. The molecule has 0 radical (unpaired) electrons. The van der Waals surface area contributed by atoms with Crippen LogP contribution in [-0.4, -0.2) is 27.0 Å². The van der Waals surface area contributed by atoms with E-state index in [-0.39, 0.29) is 17.3 Å². The number of aromatic nitrogens is 1. The highest BCUT2D eigenvalue weighted by molar-refractivity contribution is 5.76. The van der Waals surface area contributed by atoms with E-state index in [4.69, 9.17) is 5.11 Å². The first-order valence-electron chi connectivity index (χ1n) is 5.92. The summed E-state index contributed by atoms with van der Waals surface area (Å²) in [6.45, 7) is 5.36. The molecule has 0 unspecified atom stereocenters. The van der Waals surface area contributed by atoms with Crippen LogP contribution in [0.3, 0.4) is 0 Å². The Morgan fingerprint density at radius 1 is 1.53 bits per heavy atom. The molecule has 2 N–H and O–H groups in total. The number of nitrogens with one attached hydrogen (secondary N) is 1. The number of aliphatic carboxylic acids is 1. The molecule has 19 heavy (non-hydrogen) atoms. The third-order valence-electron chi connectivity index (χ3n) is 2.58. The third-order valence-corrected chi connectivity index (χ3v) is 2.58. The van der Waals surface area contributed by atoms with Crippen LogP contribution in [0.1, 0.15) is 26.0 Å². The molecule has 0 aliphatic rings. The van der Waals surface area contributed by atoms with Crippen molar-refractivity contribution in [1.82, 2.24) is 4.98 Å². The molecular weight excluding hydrogens is 250 g/mol. The quantitative estimate of drug-likeness (QED) is 0.604. The van der Waals surface area contributed by atoms with E-state index in [1.165, 1.54) is 19.1 Å². The van der Waals surface area contributed by atoms with Gasteiger partial charge in [0.25, 0.3) is 5.69 Å². The number of carboxylic acids is 1. The van der Waals surface area contributed by atoms with Crippen LogP contribution in [-0.2, 0) is 4.79 Å². The monoisotopic (exact) mass is 267 g/mol. The van der Waals surface area contributed by atoms with Gasteiger partial charge in [-0.2, -0.15) is 0 Å². The summed E-state index contributed by atoms with van der Waals surface area (Å²) in [5.41, 5.74) is 0.171. The molecule has 0 spiro atoms. The number of carbonyl (C=O) groups is 1. The lowest BCUT2D eigenvalue weighted by Gasteiger charge is -2.17. The summed E-state index contributed by atoms with van der Waals surface area (Å²) in [7, 11) is 0. The Hall–Kier alpha value is -2.18. The second kappa shape index (κ2) is 6.12. The molecular formula is C12H17N3O4. The Morgan fingerprint density at radius 3 is 2.58 bits per heavy atom. The van der Waals surface area contributed by atoms with Crippen molar-refractivity contribution in [3.63, 3.8) is 0 Å². The fraction of sp³-hybridized carbons (Fsp3) is 0.500. The van der Waals surface area contributed by atoms with Gasteiger partial charge in [0.2, 0.25) is 0 Å². The van der Waals surface area contributed by atoms with Crippen LogP contribution in [0.2, 0.25) is 0 Å². The number of hydrogen-bond donors (Lipinski definition) is 2. The molecule has 1 heterocycles. The Kier molecular flexibility index (Phi) is 4.80. The molecule has 7 nitrogen and oxygen atoms in total. The Morgan fingerprint density at radius 2 is 2.16 bits per heavy atom. The summed E-state index contributed by atoms with van der Waals surface area (Å²) in [5.74, 6) is -0.421. The van der Waals surface area contributed by atoms with E-state index in [2.05, 4.69) is 10.3 Å². The van der Waals surface area contributed by atoms with Crippen LogP contribution >= 0.6 is 0 Å². The molecule has 0 aliphatic heterocycles. The zero-order chi connectivity index (χ0) is 14.6. The zero-order valence-electron chi connectivity index (χ0n) is 11.1. The molecule has 1 aromatic rings. The summed E-state index contributed by atoms with van der Waals surface area (Å²) in [5, 5.41) is 22.5. The standard InChI is InChI=1S/C12H17N3O4/c1-7(2)6-9(12(16)17)14-11-5-4-10(15(18)19)8(3)13-11/h4-5,7,9H,6H2,1-3H3,(H,13,14)(H,16,17)/t9-/m0/s1. The van der Waals surface area contributed by atoms with Crippen molar-refractivity contribution in [2.45, 2.75) is 33.2 Å². The number of pyridine rings is 1. The second-order valence-corrected chi connectivity index (χ2v) is 4.72. The molecule has 0 amide bonds. The Balaban J connectivity index is 2.88. The lowest BCUT2D eigenvalue weighted by atomic mass is 10.0. The van der Waals surface area contributed by atoms with Crippen LogP contribution in [0.4, 0.5) is 11.5 Å². The fourth-order valence-electron chi connectivity index (χ4n) is 1.70. The highest BCUT2D eigenvalue weighted by Gasteiger charge is 2.20. The van der Waals surface area contributed by atoms with Crippen molar-refractivity contribution in [3.8, 4) is 0 Å². The molecule has 0 aliphatic carbocycles. The molecule has 1 aromatic heterocycles. The third kappa shape index (κ3) is 4.20. The van der Waals surface area contributed by atoms with Crippen LogP contribution < -0.4 is 5.32 Å². The summed E-state index contributed by atoms with van der Waals surface area (Å²) >= 11 is 0. The van der Waals surface area contributed by atoms with Crippen molar-refractivity contribution in [1.29, 1.82) is 0 Å². The number of anilines is 1. The van der Waals surface area contributed by atoms with E-state index in [9.17, 15) is 14.9 Å². The van der Waals surface area contributed by atoms with E-state index in [0.717, 1.165) is 0 Å². The predicted molar refractivity (Wildman–Crippen MR) is 70.1 cm³/mol. The van der Waals surface area contributed by atoms with Gasteiger partial charge in [-0.1, -0.05) is 13.8 Å². The van der Waals surface area contributed by atoms with Gasteiger partial charge in [-0.3, -0.25) is 10.1 Å². The highest BCUT2D eigenvalue weighted by Crippen LogP contribution is 2.19. The first-order valence-corrected chi connectivity index (χ1v) is 5.92. The number of nitro groups is 1. The van der Waals surface area contributed by atoms with Crippen molar-refractivity contribution in [2.24, 2.45) is 5.92 Å². The van der Waals surface area contributed by atoms with Gasteiger partial charge in [0.1, 0.15) is 17.6 Å². The van der Waals surface area contributed by atoms with Crippen molar-refractivity contribution in [2.75, 3.05) is 5.32 Å². The minimum atomic E-state index is -0.966. The number of rotatable bonds is 6. The van der Waals surface area contributed by atoms with Gasteiger partial charge in [-0.15, -0.1) is 0 Å². The van der Waals surface area contributed by atoms with E-state index in [1.807, 2.05) is 13.8 Å². The number of nitrogens with zero attached hydrogens (tertiary/aromatic N) is 2. The minimum absolute atomic E-state index is 0.0821. The molecule has 0 aromatic carbocycles. The maximum atomic E-state index is 11.1. The maximum Gasteiger partial charge on any atom is 0.326 e. The molecule has 104 valence electrons. The van der Waals surface area contributed by atoms with Crippen molar-refractivity contribution < 1.29 is 14.8 Å². The molecule has 0 saturated carbocycles. The minimum Gasteiger partial charge on any atom is -0.480 e. The van der Waals surface area contributed by atoms with Crippen LogP contribution in [0.5, 0.6) is 0 Å². The summed E-state index contributed by atoms with van der Waals surface area (Å²) in [4.78, 5) is 25.2. The topological polar surface area (TPSA) is 105 Å². The van der Waals surface area contributed by atoms with Crippen LogP contribution in [0.25, 0.3) is 0 Å². The van der Waals surface area contributed by atoms with E-state index < -0.39 is 16.9 Å². The summed E-state index contributed by atoms with van der Waals surface area (Å²) < 4.78 is 0. The van der Waals surface area contributed by atoms with Gasteiger partial charge in [0.15, 0.2) is 0 Å². The summed E-state index contributed by atoms with van der Waals surface area (Å²) in [6, 6.07) is 1.98. The largest absolute Gasteiger partial charge is 0.480 e. The van der Waals surface area contributed by atoms with E-state index in [0.29, 0.717) is 12.2 Å².